The largest absolute Gasteiger partial charge is 0.345 e. The highest BCUT2D eigenvalue weighted by atomic mass is 16.2. The van der Waals surface area contributed by atoms with Gasteiger partial charge in [0.15, 0.2) is 0 Å². The molecule has 0 radical (unpaired) electrons. The molecule has 1 fully saturated rings. The summed E-state index contributed by atoms with van der Waals surface area (Å²) in [5.74, 6) is 0.463. The minimum atomic E-state index is -0.258. The van der Waals surface area contributed by atoms with E-state index in [4.69, 9.17) is 0 Å². The maximum Gasteiger partial charge on any atom is 0.243 e. The van der Waals surface area contributed by atoms with Crippen molar-refractivity contribution in [1.82, 2.24) is 10.2 Å². The summed E-state index contributed by atoms with van der Waals surface area (Å²) in [5, 5.41) is 2.65. The van der Waals surface area contributed by atoms with Crippen LogP contribution in [0.15, 0.2) is 0 Å². The van der Waals surface area contributed by atoms with Crippen LogP contribution >= 0.6 is 0 Å². The molecule has 1 heterocycles. The summed E-state index contributed by atoms with van der Waals surface area (Å²) >= 11 is 0. The molecule has 0 spiro atoms. The van der Waals surface area contributed by atoms with Gasteiger partial charge in [0.2, 0.25) is 11.8 Å². The van der Waals surface area contributed by atoms with Crippen LogP contribution in [-0.2, 0) is 9.59 Å². The molecule has 1 aliphatic heterocycles. The van der Waals surface area contributed by atoms with Crippen molar-refractivity contribution in [3.63, 3.8) is 0 Å². The van der Waals surface area contributed by atoms with Gasteiger partial charge in [-0.05, 0) is 18.8 Å². The standard InChI is InChI=1S/C11H20N2O2/c1-4-5-13-9(6-8(2)3)11(15)12-7-10(13)14/h8-9H,4-7H2,1-3H3,(H,12,15). The van der Waals surface area contributed by atoms with Gasteiger partial charge >= 0.3 is 0 Å². The molecule has 1 N–H and O–H groups in total. The molecule has 1 aliphatic rings. The van der Waals surface area contributed by atoms with E-state index in [0.717, 1.165) is 12.8 Å². The molecule has 2 amide bonds. The van der Waals surface area contributed by atoms with E-state index in [9.17, 15) is 9.59 Å². The number of piperazine rings is 1. The zero-order valence-corrected chi connectivity index (χ0v) is 9.75. The fourth-order valence-corrected chi connectivity index (χ4v) is 1.90. The fourth-order valence-electron chi connectivity index (χ4n) is 1.90. The van der Waals surface area contributed by atoms with Crippen molar-refractivity contribution in [2.45, 2.75) is 39.7 Å². The Morgan fingerprint density at radius 3 is 2.67 bits per heavy atom. The number of hydrogen-bond acceptors (Lipinski definition) is 2. The molecular weight excluding hydrogens is 192 g/mol. The van der Waals surface area contributed by atoms with E-state index >= 15 is 0 Å². The van der Waals surface area contributed by atoms with Gasteiger partial charge in [-0.1, -0.05) is 20.8 Å². The number of nitrogens with one attached hydrogen (secondary N) is 1. The molecule has 0 aromatic carbocycles. The Morgan fingerprint density at radius 2 is 2.13 bits per heavy atom. The number of carbonyl (C=O) groups is 2. The van der Waals surface area contributed by atoms with Crippen LogP contribution in [0.2, 0.25) is 0 Å². The van der Waals surface area contributed by atoms with Crippen molar-refractivity contribution in [3.8, 4) is 0 Å². The maximum absolute atomic E-state index is 11.7. The minimum Gasteiger partial charge on any atom is -0.345 e. The van der Waals surface area contributed by atoms with Crippen LogP contribution in [0.5, 0.6) is 0 Å². The summed E-state index contributed by atoms with van der Waals surface area (Å²) in [7, 11) is 0. The second-order valence-electron chi connectivity index (χ2n) is 4.45. The lowest BCUT2D eigenvalue weighted by atomic mass is 10.00. The number of rotatable bonds is 4. The van der Waals surface area contributed by atoms with Crippen molar-refractivity contribution in [2.75, 3.05) is 13.1 Å². The van der Waals surface area contributed by atoms with E-state index < -0.39 is 0 Å². The highest BCUT2D eigenvalue weighted by Gasteiger charge is 2.33. The number of amides is 2. The lowest BCUT2D eigenvalue weighted by Crippen LogP contribution is -2.58. The molecule has 1 rings (SSSR count). The maximum atomic E-state index is 11.7. The third-order valence-corrected chi connectivity index (χ3v) is 2.57. The molecule has 4 heteroatoms. The summed E-state index contributed by atoms with van der Waals surface area (Å²) in [6, 6.07) is -0.258. The molecule has 0 aliphatic carbocycles. The molecular formula is C11H20N2O2. The highest BCUT2D eigenvalue weighted by Crippen LogP contribution is 2.15. The summed E-state index contributed by atoms with van der Waals surface area (Å²) in [4.78, 5) is 25.0. The van der Waals surface area contributed by atoms with E-state index in [1.54, 1.807) is 4.90 Å². The van der Waals surface area contributed by atoms with Crippen molar-refractivity contribution in [3.05, 3.63) is 0 Å². The minimum absolute atomic E-state index is 0.00301. The molecule has 1 saturated heterocycles. The average Bonchev–Trinajstić information content (AvgIpc) is 2.17. The lowest BCUT2D eigenvalue weighted by molar-refractivity contribution is -0.146. The van der Waals surface area contributed by atoms with E-state index in [0.29, 0.717) is 12.5 Å². The van der Waals surface area contributed by atoms with Crippen LogP contribution < -0.4 is 5.32 Å². The lowest BCUT2D eigenvalue weighted by Gasteiger charge is -2.35. The zero-order valence-electron chi connectivity index (χ0n) is 9.75. The smallest absolute Gasteiger partial charge is 0.243 e. The molecule has 1 unspecified atom stereocenters. The Hall–Kier alpha value is -1.06. The van der Waals surface area contributed by atoms with Gasteiger partial charge in [0, 0.05) is 6.54 Å². The quantitative estimate of drug-likeness (QED) is 0.748. The van der Waals surface area contributed by atoms with Gasteiger partial charge in [-0.25, -0.2) is 0 Å². The number of carbonyl (C=O) groups excluding carboxylic acids is 2. The fraction of sp³-hybridized carbons (Fsp3) is 0.818. The molecule has 1 atom stereocenters. The van der Waals surface area contributed by atoms with Crippen LogP contribution in [-0.4, -0.2) is 35.8 Å². The number of hydrogen-bond donors (Lipinski definition) is 1. The Balaban J connectivity index is 2.73. The first-order valence-electron chi connectivity index (χ1n) is 5.63. The topological polar surface area (TPSA) is 49.4 Å². The number of nitrogens with zero attached hydrogens (tertiary/aromatic N) is 1. The second-order valence-corrected chi connectivity index (χ2v) is 4.45. The average molecular weight is 212 g/mol. The zero-order chi connectivity index (χ0) is 11.4. The van der Waals surface area contributed by atoms with Crippen LogP contribution in [0.25, 0.3) is 0 Å². The third-order valence-electron chi connectivity index (χ3n) is 2.57. The summed E-state index contributed by atoms with van der Waals surface area (Å²) < 4.78 is 0. The van der Waals surface area contributed by atoms with Gasteiger partial charge in [0.1, 0.15) is 6.04 Å². The first kappa shape index (κ1) is 12.0. The Labute approximate surface area is 91.0 Å². The predicted octanol–water partition coefficient (Wildman–Crippen LogP) is 0.769. The first-order valence-corrected chi connectivity index (χ1v) is 5.63. The van der Waals surface area contributed by atoms with Gasteiger partial charge in [-0.15, -0.1) is 0 Å². The SMILES string of the molecule is CCCN1C(=O)CNC(=O)C1CC(C)C. The van der Waals surface area contributed by atoms with Crippen molar-refractivity contribution < 1.29 is 9.59 Å². The summed E-state index contributed by atoms with van der Waals surface area (Å²) in [6.07, 6.45) is 1.64. The second kappa shape index (κ2) is 5.14. The van der Waals surface area contributed by atoms with E-state index in [2.05, 4.69) is 19.2 Å². The molecule has 86 valence electrons. The Bertz CT molecular complexity index is 251. The van der Waals surface area contributed by atoms with Crippen LogP contribution in [0.1, 0.15) is 33.6 Å². The van der Waals surface area contributed by atoms with Gasteiger partial charge in [-0.2, -0.15) is 0 Å². The monoisotopic (exact) mass is 212 g/mol. The van der Waals surface area contributed by atoms with E-state index in [1.165, 1.54) is 0 Å². The van der Waals surface area contributed by atoms with Crippen molar-refractivity contribution in [2.24, 2.45) is 5.92 Å². The van der Waals surface area contributed by atoms with Crippen molar-refractivity contribution >= 4 is 11.8 Å². The normalized spacial score (nSPS) is 22.1. The Morgan fingerprint density at radius 1 is 1.47 bits per heavy atom. The Kier molecular flexibility index (Phi) is 4.12. The first-order chi connectivity index (χ1) is 7.06. The van der Waals surface area contributed by atoms with Gasteiger partial charge in [0.25, 0.3) is 0 Å². The molecule has 0 aromatic rings. The highest BCUT2D eigenvalue weighted by molar-refractivity contribution is 5.94. The molecule has 0 saturated carbocycles. The van der Waals surface area contributed by atoms with Gasteiger partial charge < -0.3 is 10.2 Å². The van der Waals surface area contributed by atoms with Gasteiger partial charge in [-0.3, -0.25) is 9.59 Å². The summed E-state index contributed by atoms with van der Waals surface area (Å²) in [5.41, 5.74) is 0. The molecule has 0 bridgehead atoms. The van der Waals surface area contributed by atoms with E-state index in [-0.39, 0.29) is 24.4 Å². The van der Waals surface area contributed by atoms with Crippen LogP contribution in [0.3, 0.4) is 0 Å². The van der Waals surface area contributed by atoms with Crippen molar-refractivity contribution in [1.29, 1.82) is 0 Å². The van der Waals surface area contributed by atoms with Crippen LogP contribution in [0.4, 0.5) is 0 Å². The molecule has 4 nitrogen and oxygen atoms in total. The molecule has 0 aromatic heterocycles. The third kappa shape index (κ3) is 2.94. The predicted molar refractivity (Wildman–Crippen MR) is 58.3 cm³/mol. The van der Waals surface area contributed by atoms with E-state index in [1.807, 2.05) is 6.92 Å². The molecule has 15 heavy (non-hydrogen) atoms. The summed E-state index contributed by atoms with van der Waals surface area (Å²) in [6.45, 7) is 7.00. The van der Waals surface area contributed by atoms with Gasteiger partial charge in [0.05, 0.1) is 6.54 Å². The van der Waals surface area contributed by atoms with Crippen LogP contribution in [0, 0.1) is 5.92 Å².